The zero-order valence-corrected chi connectivity index (χ0v) is 12.1. The van der Waals surface area contributed by atoms with E-state index in [0.29, 0.717) is 17.7 Å². The zero-order valence-electron chi connectivity index (χ0n) is 12.1. The van der Waals surface area contributed by atoms with Crippen LogP contribution in [0.5, 0.6) is 5.75 Å². The minimum atomic E-state index is 0.00634. The molecule has 0 fully saturated rings. The number of hydrogen-bond donors (Lipinski definition) is 0. The first kappa shape index (κ1) is 12.9. The highest BCUT2D eigenvalue weighted by Crippen LogP contribution is 2.31. The number of carbonyl (C=O) groups is 1. The van der Waals surface area contributed by atoms with E-state index < -0.39 is 0 Å². The van der Waals surface area contributed by atoms with Gasteiger partial charge < -0.3 is 4.74 Å². The number of ketones is 1. The van der Waals surface area contributed by atoms with Crippen molar-refractivity contribution < 1.29 is 9.53 Å². The highest BCUT2D eigenvalue weighted by atomic mass is 16.5. The number of benzene rings is 1. The molecule has 0 radical (unpaired) electrons. The van der Waals surface area contributed by atoms with E-state index in [-0.39, 0.29) is 5.78 Å². The number of aromatic nitrogens is 2. The summed E-state index contributed by atoms with van der Waals surface area (Å²) >= 11 is 0. The predicted molar refractivity (Wildman–Crippen MR) is 76.4 cm³/mol. The van der Waals surface area contributed by atoms with Crippen LogP contribution in [0.1, 0.15) is 39.3 Å². The van der Waals surface area contributed by atoms with Crippen LogP contribution < -0.4 is 4.74 Å². The molecule has 1 aliphatic heterocycles. The maximum Gasteiger partial charge on any atom is 0.200 e. The van der Waals surface area contributed by atoms with Gasteiger partial charge in [-0.15, -0.1) is 0 Å². The maximum atomic E-state index is 12.8. The Bertz CT molecular complexity index is 686. The van der Waals surface area contributed by atoms with Gasteiger partial charge in [0.1, 0.15) is 5.75 Å². The van der Waals surface area contributed by atoms with Crippen LogP contribution in [-0.4, -0.2) is 22.2 Å². The Morgan fingerprint density at radius 2 is 2.15 bits per heavy atom. The minimum Gasteiger partial charge on any atom is -0.493 e. The second kappa shape index (κ2) is 4.78. The van der Waals surface area contributed by atoms with Gasteiger partial charge in [-0.1, -0.05) is 12.1 Å². The topological polar surface area (TPSA) is 44.1 Å². The summed E-state index contributed by atoms with van der Waals surface area (Å²) in [5.74, 6) is 0.762. The summed E-state index contributed by atoms with van der Waals surface area (Å²) in [6, 6.07) is 5.81. The monoisotopic (exact) mass is 270 g/mol. The fourth-order valence-corrected chi connectivity index (χ4v) is 2.80. The Hall–Kier alpha value is -2.10. The summed E-state index contributed by atoms with van der Waals surface area (Å²) < 4.78 is 7.48. The van der Waals surface area contributed by atoms with Gasteiger partial charge in [-0.25, -0.2) is 0 Å². The van der Waals surface area contributed by atoms with Gasteiger partial charge in [0.15, 0.2) is 5.78 Å². The standard InChI is InChI=1S/C16H18N2O2/c1-10-14(11(2)18(3)17-10)15(19)13-8-4-6-12-7-5-9-20-16(12)13/h4,6,8H,5,7,9H2,1-3H3. The molecule has 3 rings (SSSR count). The fraction of sp³-hybridized carbons (Fsp3) is 0.375. The van der Waals surface area contributed by atoms with Crippen molar-refractivity contribution in [1.82, 2.24) is 9.78 Å². The molecule has 0 saturated carbocycles. The average molecular weight is 270 g/mol. The van der Waals surface area contributed by atoms with E-state index in [2.05, 4.69) is 5.10 Å². The number of nitrogens with zero attached hydrogens (tertiary/aromatic N) is 2. The summed E-state index contributed by atoms with van der Waals surface area (Å²) in [4.78, 5) is 12.8. The Labute approximate surface area is 118 Å². The lowest BCUT2D eigenvalue weighted by Crippen LogP contribution is -2.14. The number of aryl methyl sites for hydroxylation is 3. The molecule has 0 saturated heterocycles. The third-order valence-corrected chi connectivity index (χ3v) is 3.91. The Balaban J connectivity index is 2.12. The number of carbonyl (C=O) groups excluding carboxylic acids is 1. The third kappa shape index (κ3) is 1.92. The minimum absolute atomic E-state index is 0.00634. The van der Waals surface area contributed by atoms with E-state index in [1.54, 1.807) is 4.68 Å². The molecule has 20 heavy (non-hydrogen) atoms. The predicted octanol–water partition coefficient (Wildman–Crippen LogP) is 2.59. The van der Waals surface area contributed by atoms with Gasteiger partial charge in [0.25, 0.3) is 0 Å². The Morgan fingerprint density at radius 3 is 2.85 bits per heavy atom. The van der Waals surface area contributed by atoms with E-state index in [4.69, 9.17) is 4.74 Å². The molecule has 4 nitrogen and oxygen atoms in total. The van der Waals surface area contributed by atoms with Crippen molar-refractivity contribution in [3.05, 3.63) is 46.3 Å². The number of hydrogen-bond acceptors (Lipinski definition) is 3. The molecule has 0 spiro atoms. The Kier molecular flexibility index (Phi) is 3.08. The van der Waals surface area contributed by atoms with E-state index in [1.807, 2.05) is 39.1 Å². The van der Waals surface area contributed by atoms with E-state index in [0.717, 1.165) is 35.5 Å². The molecule has 0 N–H and O–H groups in total. The van der Waals surface area contributed by atoms with Crippen molar-refractivity contribution in [2.75, 3.05) is 6.61 Å². The molecule has 1 aromatic heterocycles. The molecule has 2 heterocycles. The quantitative estimate of drug-likeness (QED) is 0.788. The summed E-state index contributed by atoms with van der Waals surface area (Å²) in [7, 11) is 1.86. The molecule has 0 unspecified atom stereocenters. The van der Waals surface area contributed by atoms with Gasteiger partial charge in [-0.2, -0.15) is 5.10 Å². The van der Waals surface area contributed by atoms with Gasteiger partial charge in [0, 0.05) is 12.7 Å². The molecule has 2 aromatic rings. The summed E-state index contributed by atoms with van der Waals surface area (Å²) in [6.45, 7) is 4.47. The van der Waals surface area contributed by atoms with Crippen molar-refractivity contribution in [3.63, 3.8) is 0 Å². The molecule has 0 atom stereocenters. The lowest BCUT2D eigenvalue weighted by Gasteiger charge is -2.19. The summed E-state index contributed by atoms with van der Waals surface area (Å²) in [5.41, 5.74) is 4.13. The molecule has 1 aromatic carbocycles. The van der Waals surface area contributed by atoms with Crippen LogP contribution in [0, 0.1) is 13.8 Å². The Morgan fingerprint density at radius 1 is 1.35 bits per heavy atom. The number of rotatable bonds is 2. The molecule has 0 aliphatic carbocycles. The van der Waals surface area contributed by atoms with Crippen LogP contribution in [0.15, 0.2) is 18.2 Å². The zero-order chi connectivity index (χ0) is 14.3. The third-order valence-electron chi connectivity index (χ3n) is 3.91. The molecular formula is C16H18N2O2. The number of para-hydroxylation sites is 1. The van der Waals surface area contributed by atoms with Crippen molar-refractivity contribution in [2.45, 2.75) is 26.7 Å². The lowest BCUT2D eigenvalue weighted by atomic mass is 9.96. The molecule has 0 bridgehead atoms. The first-order valence-electron chi connectivity index (χ1n) is 6.89. The van der Waals surface area contributed by atoms with Crippen LogP contribution >= 0.6 is 0 Å². The van der Waals surface area contributed by atoms with E-state index >= 15 is 0 Å². The van der Waals surface area contributed by atoms with Crippen LogP contribution in [0.3, 0.4) is 0 Å². The van der Waals surface area contributed by atoms with E-state index in [9.17, 15) is 4.79 Å². The smallest absolute Gasteiger partial charge is 0.200 e. The molecule has 104 valence electrons. The second-order valence-corrected chi connectivity index (χ2v) is 5.24. The second-order valence-electron chi connectivity index (χ2n) is 5.24. The first-order valence-corrected chi connectivity index (χ1v) is 6.89. The maximum absolute atomic E-state index is 12.8. The van der Waals surface area contributed by atoms with Crippen LogP contribution in [0.4, 0.5) is 0 Å². The van der Waals surface area contributed by atoms with Crippen LogP contribution in [0.2, 0.25) is 0 Å². The van der Waals surface area contributed by atoms with Gasteiger partial charge in [0.2, 0.25) is 0 Å². The largest absolute Gasteiger partial charge is 0.493 e. The molecule has 0 amide bonds. The van der Waals surface area contributed by atoms with Crippen molar-refractivity contribution in [1.29, 1.82) is 0 Å². The van der Waals surface area contributed by atoms with Crippen LogP contribution in [-0.2, 0) is 13.5 Å². The van der Waals surface area contributed by atoms with Gasteiger partial charge in [-0.05, 0) is 38.3 Å². The highest BCUT2D eigenvalue weighted by molar-refractivity contribution is 6.12. The average Bonchev–Trinajstić information content (AvgIpc) is 2.71. The van der Waals surface area contributed by atoms with Gasteiger partial charge in [-0.3, -0.25) is 9.48 Å². The van der Waals surface area contributed by atoms with Gasteiger partial charge >= 0.3 is 0 Å². The van der Waals surface area contributed by atoms with E-state index in [1.165, 1.54) is 0 Å². The van der Waals surface area contributed by atoms with Crippen molar-refractivity contribution >= 4 is 5.78 Å². The van der Waals surface area contributed by atoms with Crippen molar-refractivity contribution in [3.8, 4) is 5.75 Å². The fourth-order valence-electron chi connectivity index (χ4n) is 2.80. The molecule has 4 heteroatoms. The molecule has 1 aliphatic rings. The first-order chi connectivity index (χ1) is 9.59. The molecular weight excluding hydrogens is 252 g/mol. The number of fused-ring (bicyclic) bond motifs is 1. The van der Waals surface area contributed by atoms with Crippen LogP contribution in [0.25, 0.3) is 0 Å². The van der Waals surface area contributed by atoms with Gasteiger partial charge in [0.05, 0.1) is 23.4 Å². The SMILES string of the molecule is Cc1nn(C)c(C)c1C(=O)c1cccc2c1OCCC2. The van der Waals surface area contributed by atoms with Crippen molar-refractivity contribution in [2.24, 2.45) is 7.05 Å². The number of ether oxygens (including phenoxy) is 1. The lowest BCUT2D eigenvalue weighted by molar-refractivity contribution is 0.103. The normalized spacial score (nSPS) is 13.8. The highest BCUT2D eigenvalue weighted by Gasteiger charge is 2.24. The summed E-state index contributed by atoms with van der Waals surface area (Å²) in [5, 5.41) is 4.32. The summed E-state index contributed by atoms with van der Waals surface area (Å²) in [6.07, 6.45) is 1.98.